The van der Waals surface area contributed by atoms with Crippen LogP contribution in [0.2, 0.25) is 0 Å². The van der Waals surface area contributed by atoms with Crippen LogP contribution in [-0.4, -0.2) is 17.3 Å². The molecule has 0 unspecified atom stereocenters. The number of benzene rings is 1. The second kappa shape index (κ2) is 5.16. The van der Waals surface area contributed by atoms with E-state index in [1.165, 1.54) is 12.1 Å². The van der Waals surface area contributed by atoms with Crippen LogP contribution in [0.1, 0.15) is 26.7 Å². The molecule has 0 saturated heterocycles. The molecular weight excluding hydrogens is 209 g/mol. The Hall–Kier alpha value is -1.29. The highest BCUT2D eigenvalue weighted by Gasteiger charge is 2.11. The second-order valence-corrected chi connectivity index (χ2v) is 4.48. The summed E-state index contributed by atoms with van der Waals surface area (Å²) in [5.74, 6) is 0.0192. The molecular formula is C12H18FNO2. The van der Waals surface area contributed by atoms with Gasteiger partial charge in [0.15, 0.2) is 0 Å². The average molecular weight is 227 g/mol. The molecule has 0 heterocycles. The second-order valence-electron chi connectivity index (χ2n) is 4.48. The van der Waals surface area contributed by atoms with E-state index >= 15 is 0 Å². The molecule has 0 spiro atoms. The number of aliphatic hydroxyl groups is 1. The summed E-state index contributed by atoms with van der Waals surface area (Å²) in [5, 5.41) is 9.47. The lowest BCUT2D eigenvalue weighted by molar-refractivity contribution is 0.0641. The van der Waals surface area contributed by atoms with E-state index in [9.17, 15) is 9.50 Å². The van der Waals surface area contributed by atoms with Crippen molar-refractivity contribution in [1.29, 1.82) is 0 Å². The first-order valence-corrected chi connectivity index (χ1v) is 5.28. The van der Waals surface area contributed by atoms with E-state index in [2.05, 4.69) is 0 Å². The highest BCUT2D eigenvalue weighted by atomic mass is 19.1. The summed E-state index contributed by atoms with van der Waals surface area (Å²) in [5.41, 5.74) is 5.13. The quantitative estimate of drug-likeness (QED) is 0.599. The third-order valence-corrected chi connectivity index (χ3v) is 2.10. The molecule has 0 aliphatic carbocycles. The first-order chi connectivity index (χ1) is 7.37. The number of halogens is 1. The summed E-state index contributed by atoms with van der Waals surface area (Å²) >= 11 is 0. The zero-order chi connectivity index (χ0) is 12.2. The zero-order valence-corrected chi connectivity index (χ0v) is 9.66. The first-order valence-electron chi connectivity index (χ1n) is 5.28. The molecule has 0 aromatic heterocycles. The van der Waals surface area contributed by atoms with Gasteiger partial charge in [-0.3, -0.25) is 0 Å². The van der Waals surface area contributed by atoms with Crippen LogP contribution in [0.25, 0.3) is 0 Å². The highest BCUT2D eigenvalue weighted by molar-refractivity contribution is 5.44. The van der Waals surface area contributed by atoms with Crippen molar-refractivity contribution >= 4 is 5.69 Å². The van der Waals surface area contributed by atoms with Gasteiger partial charge in [-0.15, -0.1) is 0 Å². The van der Waals surface area contributed by atoms with Crippen molar-refractivity contribution in [2.75, 3.05) is 12.3 Å². The zero-order valence-electron chi connectivity index (χ0n) is 9.66. The van der Waals surface area contributed by atoms with Crippen molar-refractivity contribution in [2.45, 2.75) is 32.3 Å². The van der Waals surface area contributed by atoms with Crippen molar-refractivity contribution in [1.82, 2.24) is 0 Å². The molecule has 1 aromatic rings. The maximum absolute atomic E-state index is 12.9. The summed E-state index contributed by atoms with van der Waals surface area (Å²) in [6.45, 7) is 3.92. The van der Waals surface area contributed by atoms with E-state index in [4.69, 9.17) is 10.5 Å². The minimum Gasteiger partial charge on any atom is -0.493 e. The number of hydrogen-bond donors (Lipinski definition) is 2. The van der Waals surface area contributed by atoms with Crippen molar-refractivity contribution in [2.24, 2.45) is 0 Å². The molecule has 0 bridgehead atoms. The molecule has 1 aromatic carbocycles. The third-order valence-electron chi connectivity index (χ3n) is 2.10. The molecule has 90 valence electrons. The maximum Gasteiger partial charge on any atom is 0.128 e. The van der Waals surface area contributed by atoms with Crippen molar-refractivity contribution in [3.05, 3.63) is 24.0 Å². The van der Waals surface area contributed by atoms with Crippen molar-refractivity contribution < 1.29 is 14.2 Å². The lowest BCUT2D eigenvalue weighted by atomic mass is 10.0. The Kier molecular flexibility index (Phi) is 4.12. The smallest absolute Gasteiger partial charge is 0.128 e. The van der Waals surface area contributed by atoms with E-state index in [1.807, 2.05) is 0 Å². The number of rotatable bonds is 5. The Bertz CT molecular complexity index is 327. The highest BCUT2D eigenvalue weighted by Crippen LogP contribution is 2.18. The Morgan fingerprint density at radius 1 is 1.38 bits per heavy atom. The Labute approximate surface area is 95.0 Å². The third kappa shape index (κ3) is 4.98. The standard InChI is InChI=1S/C12H18FNO2/c1-12(2,15)4-3-5-16-11-7-9(13)6-10(14)8-11/h6-8,15H,3-5,14H2,1-2H3. The van der Waals surface area contributed by atoms with Gasteiger partial charge in [0.1, 0.15) is 11.6 Å². The predicted octanol–water partition coefficient (Wildman–Crippen LogP) is 2.34. The van der Waals surface area contributed by atoms with Crippen molar-refractivity contribution in [3.63, 3.8) is 0 Å². The Morgan fingerprint density at radius 2 is 2.06 bits per heavy atom. The lowest BCUT2D eigenvalue weighted by Crippen LogP contribution is -2.19. The molecule has 0 aliphatic rings. The molecule has 1 rings (SSSR count). The van der Waals surface area contributed by atoms with Crippen LogP contribution in [0.3, 0.4) is 0 Å². The van der Waals surface area contributed by atoms with Crippen LogP contribution >= 0.6 is 0 Å². The van der Waals surface area contributed by atoms with Crippen LogP contribution in [0.4, 0.5) is 10.1 Å². The minimum atomic E-state index is -0.690. The molecule has 3 nitrogen and oxygen atoms in total. The summed E-state index contributed by atoms with van der Waals surface area (Å²) in [4.78, 5) is 0. The molecule has 3 N–H and O–H groups in total. The van der Waals surface area contributed by atoms with E-state index < -0.39 is 11.4 Å². The van der Waals surface area contributed by atoms with Gasteiger partial charge in [-0.2, -0.15) is 0 Å². The van der Waals surface area contributed by atoms with Gasteiger partial charge in [0.25, 0.3) is 0 Å². The molecule has 16 heavy (non-hydrogen) atoms. The van der Waals surface area contributed by atoms with Gasteiger partial charge in [0, 0.05) is 17.8 Å². The van der Waals surface area contributed by atoms with Gasteiger partial charge >= 0.3 is 0 Å². The van der Waals surface area contributed by atoms with E-state index in [1.54, 1.807) is 19.9 Å². The Balaban J connectivity index is 2.37. The van der Waals surface area contributed by atoms with Crippen LogP contribution in [0.5, 0.6) is 5.75 Å². The van der Waals surface area contributed by atoms with Crippen LogP contribution in [0, 0.1) is 5.82 Å². The maximum atomic E-state index is 12.9. The lowest BCUT2D eigenvalue weighted by Gasteiger charge is -2.16. The molecule has 0 amide bonds. The van der Waals surface area contributed by atoms with Gasteiger partial charge in [-0.1, -0.05) is 0 Å². The van der Waals surface area contributed by atoms with Crippen LogP contribution < -0.4 is 10.5 Å². The molecule has 0 fully saturated rings. The summed E-state index contributed by atoms with van der Waals surface area (Å²) in [7, 11) is 0. The van der Waals surface area contributed by atoms with Gasteiger partial charge in [0.05, 0.1) is 12.2 Å². The Morgan fingerprint density at radius 3 is 2.62 bits per heavy atom. The SMILES string of the molecule is CC(C)(O)CCCOc1cc(N)cc(F)c1. The average Bonchev–Trinajstić information content (AvgIpc) is 2.09. The fourth-order valence-corrected chi connectivity index (χ4v) is 1.36. The fourth-order valence-electron chi connectivity index (χ4n) is 1.36. The summed E-state index contributed by atoms with van der Waals surface area (Å²) in [6, 6.07) is 4.11. The number of nitrogens with two attached hydrogens (primary N) is 1. The minimum absolute atomic E-state index is 0.345. The summed E-state index contributed by atoms with van der Waals surface area (Å²) in [6.07, 6.45) is 1.34. The molecule has 4 heteroatoms. The largest absolute Gasteiger partial charge is 0.493 e. The van der Waals surface area contributed by atoms with E-state index in [0.717, 1.165) is 0 Å². The normalized spacial score (nSPS) is 11.5. The fraction of sp³-hybridized carbons (Fsp3) is 0.500. The van der Waals surface area contributed by atoms with Crippen molar-refractivity contribution in [3.8, 4) is 5.75 Å². The summed E-state index contributed by atoms with van der Waals surface area (Å²) < 4.78 is 18.3. The number of ether oxygens (including phenoxy) is 1. The van der Waals surface area contributed by atoms with Crippen LogP contribution in [0.15, 0.2) is 18.2 Å². The van der Waals surface area contributed by atoms with Gasteiger partial charge in [-0.25, -0.2) is 4.39 Å². The number of anilines is 1. The molecule has 0 atom stereocenters. The number of hydrogen-bond acceptors (Lipinski definition) is 3. The van der Waals surface area contributed by atoms with E-state index in [-0.39, 0.29) is 0 Å². The first kappa shape index (κ1) is 12.8. The van der Waals surface area contributed by atoms with E-state index in [0.29, 0.717) is 30.9 Å². The molecule has 0 aliphatic heterocycles. The molecule has 0 saturated carbocycles. The van der Waals surface area contributed by atoms with Gasteiger partial charge < -0.3 is 15.6 Å². The van der Waals surface area contributed by atoms with Gasteiger partial charge in [0.2, 0.25) is 0 Å². The van der Waals surface area contributed by atoms with Gasteiger partial charge in [-0.05, 0) is 32.8 Å². The molecule has 0 radical (unpaired) electrons. The number of nitrogen functional groups attached to an aromatic ring is 1. The monoisotopic (exact) mass is 227 g/mol. The predicted molar refractivity (Wildman–Crippen MR) is 61.8 cm³/mol. The topological polar surface area (TPSA) is 55.5 Å². The van der Waals surface area contributed by atoms with Crippen LogP contribution in [-0.2, 0) is 0 Å².